The van der Waals surface area contributed by atoms with Gasteiger partial charge in [0.1, 0.15) is 12.2 Å². The molecule has 0 saturated heterocycles. The fourth-order valence-corrected chi connectivity index (χ4v) is 4.14. The lowest BCUT2D eigenvalue weighted by Crippen LogP contribution is -2.34. The van der Waals surface area contributed by atoms with Crippen LogP contribution in [0.15, 0.2) is 30.3 Å². The minimum Gasteiger partial charge on any atom is -0.461 e. The van der Waals surface area contributed by atoms with Gasteiger partial charge in [-0.2, -0.15) is 0 Å². The Bertz CT molecular complexity index is 701. The molecular weight excluding hydrogens is 454 g/mol. The lowest BCUT2D eigenvalue weighted by molar-refractivity contribution is -0.150. The molecule has 1 aromatic rings. The first-order valence-electron chi connectivity index (χ1n) is 14.1. The predicted octanol–water partition coefficient (Wildman–Crippen LogP) is 7.32. The third-order valence-corrected chi connectivity index (χ3v) is 6.20. The van der Waals surface area contributed by atoms with Crippen LogP contribution in [0.1, 0.15) is 117 Å². The summed E-state index contributed by atoms with van der Waals surface area (Å²) < 4.78 is 10.8. The fourth-order valence-electron chi connectivity index (χ4n) is 4.14. The van der Waals surface area contributed by atoms with Crippen molar-refractivity contribution in [1.29, 1.82) is 0 Å². The molecule has 36 heavy (non-hydrogen) atoms. The van der Waals surface area contributed by atoms with Crippen LogP contribution in [0.25, 0.3) is 0 Å². The molecule has 2 N–H and O–H groups in total. The first kappa shape index (κ1) is 31.9. The second kappa shape index (κ2) is 19.1. The van der Waals surface area contributed by atoms with Crippen LogP contribution in [0.2, 0.25) is 0 Å². The van der Waals surface area contributed by atoms with Gasteiger partial charge in [0.2, 0.25) is 0 Å². The maximum atomic E-state index is 12.7. The van der Waals surface area contributed by atoms with Crippen LogP contribution in [-0.2, 0) is 20.9 Å². The first-order chi connectivity index (χ1) is 17.2. The molecule has 2 atom stereocenters. The van der Waals surface area contributed by atoms with Gasteiger partial charge in [-0.15, -0.1) is 0 Å². The van der Waals surface area contributed by atoms with Crippen LogP contribution >= 0.6 is 0 Å². The lowest BCUT2D eigenvalue weighted by atomic mass is 9.94. The zero-order chi connectivity index (χ0) is 26.7. The number of hydrogen-bond donors (Lipinski definition) is 2. The molecule has 0 radical (unpaired) electrons. The van der Waals surface area contributed by atoms with Crippen molar-refractivity contribution in [1.82, 2.24) is 5.32 Å². The zero-order valence-electron chi connectivity index (χ0n) is 23.2. The van der Waals surface area contributed by atoms with Gasteiger partial charge in [-0.3, -0.25) is 4.79 Å². The van der Waals surface area contributed by atoms with Crippen molar-refractivity contribution in [3.63, 3.8) is 0 Å². The number of hydrogen-bond acceptors (Lipinski definition) is 5. The van der Waals surface area contributed by atoms with E-state index in [-0.39, 0.29) is 11.9 Å². The summed E-state index contributed by atoms with van der Waals surface area (Å²) in [5.74, 6) is -0.0664. The molecule has 0 heterocycles. The van der Waals surface area contributed by atoms with E-state index in [1.807, 2.05) is 51.1 Å². The molecule has 0 fully saturated rings. The fraction of sp³-hybridized carbons (Fsp3) is 0.733. The van der Waals surface area contributed by atoms with Crippen LogP contribution in [0.4, 0.5) is 4.79 Å². The lowest BCUT2D eigenvalue weighted by Gasteiger charge is -2.20. The van der Waals surface area contributed by atoms with Gasteiger partial charge in [-0.25, -0.2) is 4.79 Å². The number of ether oxygens (including phenoxy) is 2. The minimum atomic E-state index is -0.514. The molecule has 206 valence electrons. The molecule has 1 amide bonds. The molecule has 0 aliphatic carbocycles. The normalized spacial score (nSPS) is 13.1. The van der Waals surface area contributed by atoms with Crippen molar-refractivity contribution < 1.29 is 24.2 Å². The average molecular weight is 506 g/mol. The van der Waals surface area contributed by atoms with Gasteiger partial charge in [0, 0.05) is 6.54 Å². The quantitative estimate of drug-likeness (QED) is 0.152. The smallest absolute Gasteiger partial charge is 0.407 e. The molecule has 0 aliphatic heterocycles. The van der Waals surface area contributed by atoms with Crippen molar-refractivity contribution in [2.24, 2.45) is 5.92 Å². The summed E-state index contributed by atoms with van der Waals surface area (Å²) in [6, 6.07) is 9.86. The highest BCUT2D eigenvalue weighted by Crippen LogP contribution is 2.21. The van der Waals surface area contributed by atoms with Crippen LogP contribution in [0, 0.1) is 5.92 Å². The predicted molar refractivity (Wildman–Crippen MR) is 146 cm³/mol. The van der Waals surface area contributed by atoms with Gasteiger partial charge in [0.25, 0.3) is 0 Å². The number of alkyl carbamates (subject to hydrolysis) is 1. The molecule has 0 saturated carbocycles. The summed E-state index contributed by atoms with van der Waals surface area (Å²) >= 11 is 0. The average Bonchev–Trinajstić information content (AvgIpc) is 2.82. The summed E-state index contributed by atoms with van der Waals surface area (Å²) in [4.78, 5) is 24.4. The summed E-state index contributed by atoms with van der Waals surface area (Å²) in [7, 11) is 0. The van der Waals surface area contributed by atoms with Crippen molar-refractivity contribution in [3.05, 3.63) is 35.9 Å². The summed E-state index contributed by atoms with van der Waals surface area (Å²) in [5, 5.41) is 12.8. The Morgan fingerprint density at radius 1 is 0.861 bits per heavy atom. The van der Waals surface area contributed by atoms with Crippen LogP contribution in [0.5, 0.6) is 0 Å². The number of esters is 1. The standard InChI is InChI=1S/C30H51NO5/c1-5-6-7-14-19-26(28(33)35-24-25-17-12-11-13-18-25)20-15-9-8-10-16-21-27(32)22-23-31-29(34)36-30(2,3)4/h11-13,17-18,26-27,32H,5-10,14-16,19-24H2,1-4H3,(H,31,34). The van der Waals surface area contributed by atoms with E-state index in [4.69, 9.17) is 9.47 Å². The van der Waals surface area contributed by atoms with E-state index >= 15 is 0 Å². The van der Waals surface area contributed by atoms with Crippen molar-refractivity contribution in [2.45, 2.75) is 129 Å². The Morgan fingerprint density at radius 3 is 2.06 bits per heavy atom. The van der Waals surface area contributed by atoms with Crippen LogP contribution < -0.4 is 5.32 Å². The number of nitrogens with one attached hydrogen (secondary N) is 1. The molecule has 0 aliphatic rings. The SMILES string of the molecule is CCCCCCC(CCCCCCCC(O)CCNC(=O)OC(C)(C)C)C(=O)OCc1ccccc1. The maximum absolute atomic E-state index is 12.7. The van der Waals surface area contributed by atoms with Crippen LogP contribution in [0.3, 0.4) is 0 Å². The Kier molecular flexibility index (Phi) is 16.9. The van der Waals surface area contributed by atoms with E-state index in [2.05, 4.69) is 12.2 Å². The van der Waals surface area contributed by atoms with Gasteiger partial charge in [0.05, 0.1) is 12.0 Å². The summed E-state index contributed by atoms with van der Waals surface area (Å²) in [5.41, 5.74) is 0.513. The molecule has 1 aromatic carbocycles. The summed E-state index contributed by atoms with van der Waals surface area (Å²) in [6.07, 6.45) is 12.1. The largest absolute Gasteiger partial charge is 0.461 e. The van der Waals surface area contributed by atoms with E-state index < -0.39 is 17.8 Å². The van der Waals surface area contributed by atoms with E-state index in [1.54, 1.807) is 0 Å². The zero-order valence-corrected chi connectivity index (χ0v) is 23.2. The Morgan fingerprint density at radius 2 is 1.44 bits per heavy atom. The van der Waals surface area contributed by atoms with Gasteiger partial charge in [-0.1, -0.05) is 95.0 Å². The highest BCUT2D eigenvalue weighted by Gasteiger charge is 2.19. The Labute approximate surface area is 219 Å². The number of carbonyl (C=O) groups is 2. The van der Waals surface area contributed by atoms with Gasteiger partial charge in [0.15, 0.2) is 0 Å². The molecular formula is C30H51NO5. The van der Waals surface area contributed by atoms with Crippen molar-refractivity contribution in [2.75, 3.05) is 6.54 Å². The van der Waals surface area contributed by atoms with Crippen molar-refractivity contribution in [3.8, 4) is 0 Å². The third kappa shape index (κ3) is 17.4. The topological polar surface area (TPSA) is 84.9 Å². The molecule has 0 aromatic heterocycles. The van der Waals surface area contributed by atoms with Crippen LogP contribution in [-0.4, -0.2) is 35.4 Å². The van der Waals surface area contributed by atoms with Gasteiger partial charge < -0.3 is 19.9 Å². The van der Waals surface area contributed by atoms with E-state index in [9.17, 15) is 14.7 Å². The summed E-state index contributed by atoms with van der Waals surface area (Å²) in [6.45, 7) is 8.44. The molecule has 0 bridgehead atoms. The Hall–Kier alpha value is -2.08. The van der Waals surface area contributed by atoms with Gasteiger partial charge in [-0.05, 0) is 52.0 Å². The third-order valence-electron chi connectivity index (χ3n) is 6.20. The Balaban J connectivity index is 2.19. The number of unbranched alkanes of at least 4 members (excludes halogenated alkanes) is 7. The minimum absolute atomic E-state index is 0.00939. The number of amides is 1. The molecule has 6 heteroatoms. The number of rotatable bonds is 19. The second-order valence-electron chi connectivity index (χ2n) is 10.9. The monoisotopic (exact) mass is 505 g/mol. The molecule has 0 spiro atoms. The van der Waals surface area contributed by atoms with E-state index in [0.29, 0.717) is 19.6 Å². The molecule has 1 rings (SSSR count). The highest BCUT2D eigenvalue weighted by atomic mass is 16.6. The van der Waals surface area contributed by atoms with Crippen molar-refractivity contribution >= 4 is 12.1 Å². The van der Waals surface area contributed by atoms with E-state index in [0.717, 1.165) is 63.4 Å². The maximum Gasteiger partial charge on any atom is 0.407 e. The van der Waals surface area contributed by atoms with E-state index in [1.165, 1.54) is 19.3 Å². The molecule has 2 unspecified atom stereocenters. The second-order valence-corrected chi connectivity index (χ2v) is 10.9. The van der Waals surface area contributed by atoms with Gasteiger partial charge >= 0.3 is 12.1 Å². The first-order valence-corrected chi connectivity index (χ1v) is 14.1. The number of carbonyl (C=O) groups excluding carboxylic acids is 2. The molecule has 6 nitrogen and oxygen atoms in total. The number of aliphatic hydroxyl groups is 1. The number of aliphatic hydroxyl groups excluding tert-OH is 1. The number of benzene rings is 1. The highest BCUT2D eigenvalue weighted by molar-refractivity contribution is 5.72.